The molecule has 2 N–H and O–H groups in total. The van der Waals surface area contributed by atoms with Gasteiger partial charge in [0.2, 0.25) is 5.91 Å². The summed E-state index contributed by atoms with van der Waals surface area (Å²) >= 11 is 0. The van der Waals surface area contributed by atoms with E-state index in [0.717, 1.165) is 38.9 Å². The minimum absolute atomic E-state index is 0.0192. The number of rotatable bonds is 5. The summed E-state index contributed by atoms with van der Waals surface area (Å²) in [6.07, 6.45) is 2.91. The Hall–Kier alpha value is -1.18. The van der Waals surface area contributed by atoms with Gasteiger partial charge in [-0.2, -0.15) is 0 Å². The van der Waals surface area contributed by atoms with Gasteiger partial charge in [0.05, 0.1) is 12.6 Å². The topological polar surface area (TPSA) is 82.1 Å². The van der Waals surface area contributed by atoms with Crippen molar-refractivity contribution >= 4 is 11.9 Å². The lowest BCUT2D eigenvalue weighted by atomic mass is 10.1. The van der Waals surface area contributed by atoms with Gasteiger partial charge in [0, 0.05) is 26.2 Å². The first-order valence-electron chi connectivity index (χ1n) is 7.69. The third kappa shape index (κ3) is 5.61. The molecule has 7 nitrogen and oxygen atoms in total. The van der Waals surface area contributed by atoms with Crippen molar-refractivity contribution in [1.29, 1.82) is 0 Å². The number of nitrogens with one attached hydrogen (secondary N) is 1. The van der Waals surface area contributed by atoms with Crippen molar-refractivity contribution in [2.75, 3.05) is 52.4 Å². The van der Waals surface area contributed by atoms with Gasteiger partial charge in [-0.3, -0.25) is 14.5 Å². The predicted molar refractivity (Wildman–Crippen MR) is 77.1 cm³/mol. The quantitative estimate of drug-likeness (QED) is 0.704. The lowest BCUT2D eigenvalue weighted by Gasteiger charge is -2.25. The highest BCUT2D eigenvalue weighted by Crippen LogP contribution is 2.08. The van der Waals surface area contributed by atoms with Crippen LogP contribution >= 0.6 is 0 Å². The van der Waals surface area contributed by atoms with E-state index in [-0.39, 0.29) is 25.2 Å². The van der Waals surface area contributed by atoms with Gasteiger partial charge in [0.1, 0.15) is 6.61 Å². The van der Waals surface area contributed by atoms with Gasteiger partial charge >= 0.3 is 5.97 Å². The SMILES string of the molecule is O=C(O)CN1CCCN(C(=O)COC2CCNCC2)CC1. The highest BCUT2D eigenvalue weighted by Gasteiger charge is 2.22. The first-order valence-corrected chi connectivity index (χ1v) is 7.69. The number of ether oxygens (including phenoxy) is 1. The number of hydrogen-bond acceptors (Lipinski definition) is 5. The molecule has 0 spiro atoms. The second-order valence-electron chi connectivity index (χ2n) is 5.66. The molecule has 0 aliphatic carbocycles. The van der Waals surface area contributed by atoms with E-state index in [1.165, 1.54) is 0 Å². The standard InChI is InChI=1S/C14H25N3O4/c18-13(11-21-12-2-4-15-5-3-12)17-7-1-6-16(8-9-17)10-14(19)20/h12,15H,1-11H2,(H,19,20). The van der Waals surface area contributed by atoms with Gasteiger partial charge in [-0.1, -0.05) is 0 Å². The highest BCUT2D eigenvalue weighted by atomic mass is 16.5. The minimum Gasteiger partial charge on any atom is -0.480 e. The average molecular weight is 299 g/mol. The number of carboxylic acid groups (broad SMARTS) is 1. The van der Waals surface area contributed by atoms with Gasteiger partial charge in [0.25, 0.3) is 0 Å². The van der Waals surface area contributed by atoms with E-state index in [4.69, 9.17) is 9.84 Å². The molecule has 0 atom stereocenters. The number of carboxylic acids is 1. The number of carbonyl (C=O) groups excluding carboxylic acids is 1. The Kier molecular flexibility index (Phi) is 6.41. The molecule has 21 heavy (non-hydrogen) atoms. The minimum atomic E-state index is -0.816. The fourth-order valence-corrected chi connectivity index (χ4v) is 2.81. The van der Waals surface area contributed by atoms with Gasteiger partial charge in [-0.15, -0.1) is 0 Å². The Morgan fingerprint density at radius 2 is 1.90 bits per heavy atom. The van der Waals surface area contributed by atoms with E-state index >= 15 is 0 Å². The van der Waals surface area contributed by atoms with E-state index in [9.17, 15) is 9.59 Å². The van der Waals surface area contributed by atoms with E-state index in [0.29, 0.717) is 19.6 Å². The largest absolute Gasteiger partial charge is 0.480 e. The molecule has 0 aromatic rings. The second-order valence-corrected chi connectivity index (χ2v) is 5.66. The van der Waals surface area contributed by atoms with Crippen molar-refractivity contribution in [3.8, 4) is 0 Å². The Balaban J connectivity index is 1.70. The maximum Gasteiger partial charge on any atom is 0.317 e. The van der Waals surface area contributed by atoms with Crippen LogP contribution in [0.5, 0.6) is 0 Å². The zero-order valence-corrected chi connectivity index (χ0v) is 12.4. The molecule has 1 amide bonds. The van der Waals surface area contributed by atoms with E-state index < -0.39 is 5.97 Å². The number of piperidine rings is 1. The summed E-state index contributed by atoms with van der Waals surface area (Å²) in [7, 11) is 0. The van der Waals surface area contributed by atoms with Crippen molar-refractivity contribution in [3.05, 3.63) is 0 Å². The van der Waals surface area contributed by atoms with Crippen LogP contribution in [0.1, 0.15) is 19.3 Å². The van der Waals surface area contributed by atoms with Crippen LogP contribution < -0.4 is 5.32 Å². The van der Waals surface area contributed by atoms with Crippen molar-refractivity contribution in [3.63, 3.8) is 0 Å². The van der Waals surface area contributed by atoms with Crippen LogP contribution in [0.15, 0.2) is 0 Å². The highest BCUT2D eigenvalue weighted by molar-refractivity contribution is 5.77. The molecule has 0 saturated carbocycles. The molecule has 2 rings (SSSR count). The molecule has 0 unspecified atom stereocenters. The summed E-state index contributed by atoms with van der Waals surface area (Å²) < 4.78 is 5.69. The third-order valence-electron chi connectivity index (χ3n) is 4.03. The van der Waals surface area contributed by atoms with E-state index in [1.807, 2.05) is 4.90 Å². The van der Waals surface area contributed by atoms with Crippen LogP contribution in [0.25, 0.3) is 0 Å². The Morgan fingerprint density at radius 3 is 2.62 bits per heavy atom. The lowest BCUT2D eigenvalue weighted by molar-refractivity contribution is -0.138. The first kappa shape index (κ1) is 16.2. The maximum atomic E-state index is 12.2. The van der Waals surface area contributed by atoms with Crippen LogP contribution in [0.4, 0.5) is 0 Å². The summed E-state index contributed by atoms with van der Waals surface area (Å²) in [6, 6.07) is 0. The number of amides is 1. The van der Waals surface area contributed by atoms with Crippen LogP contribution in [0.3, 0.4) is 0 Å². The molecule has 2 aliphatic rings. The zero-order valence-electron chi connectivity index (χ0n) is 12.4. The summed E-state index contributed by atoms with van der Waals surface area (Å²) in [4.78, 5) is 26.6. The normalized spacial score (nSPS) is 22.0. The molecule has 7 heteroatoms. The van der Waals surface area contributed by atoms with Crippen LogP contribution in [0.2, 0.25) is 0 Å². The molecule has 0 bridgehead atoms. The third-order valence-corrected chi connectivity index (χ3v) is 4.03. The van der Waals surface area contributed by atoms with Gasteiger partial charge in [0.15, 0.2) is 0 Å². The lowest BCUT2D eigenvalue weighted by Crippen LogP contribution is -2.40. The second kappa shape index (κ2) is 8.31. The fraction of sp³-hybridized carbons (Fsp3) is 0.857. The predicted octanol–water partition coefficient (Wildman–Crippen LogP) is -0.626. The maximum absolute atomic E-state index is 12.2. The smallest absolute Gasteiger partial charge is 0.317 e. The molecule has 2 saturated heterocycles. The number of carbonyl (C=O) groups is 2. The first-order chi connectivity index (χ1) is 10.1. The van der Waals surface area contributed by atoms with Gasteiger partial charge in [-0.25, -0.2) is 0 Å². The van der Waals surface area contributed by atoms with E-state index in [1.54, 1.807) is 4.90 Å². The summed E-state index contributed by atoms with van der Waals surface area (Å²) in [5.74, 6) is -0.797. The van der Waals surface area contributed by atoms with Crippen LogP contribution in [-0.4, -0.2) is 85.3 Å². The van der Waals surface area contributed by atoms with E-state index in [2.05, 4.69) is 5.32 Å². The number of nitrogens with zero attached hydrogens (tertiary/aromatic N) is 2. The van der Waals surface area contributed by atoms with Gasteiger partial charge in [-0.05, 0) is 32.4 Å². The molecule has 2 fully saturated rings. The van der Waals surface area contributed by atoms with Crippen LogP contribution in [-0.2, 0) is 14.3 Å². The number of aliphatic carboxylic acids is 1. The Labute approximate surface area is 125 Å². The molecule has 0 aromatic carbocycles. The molecule has 120 valence electrons. The molecular formula is C14H25N3O4. The monoisotopic (exact) mass is 299 g/mol. The number of hydrogen-bond donors (Lipinski definition) is 2. The van der Waals surface area contributed by atoms with Crippen molar-refractivity contribution in [1.82, 2.24) is 15.1 Å². The molecular weight excluding hydrogens is 274 g/mol. The van der Waals surface area contributed by atoms with Crippen molar-refractivity contribution in [2.24, 2.45) is 0 Å². The van der Waals surface area contributed by atoms with Crippen molar-refractivity contribution < 1.29 is 19.4 Å². The molecule has 0 aromatic heterocycles. The molecule has 0 radical (unpaired) electrons. The fourth-order valence-electron chi connectivity index (χ4n) is 2.81. The average Bonchev–Trinajstić information content (AvgIpc) is 2.71. The Morgan fingerprint density at radius 1 is 1.14 bits per heavy atom. The van der Waals surface area contributed by atoms with Gasteiger partial charge < -0.3 is 20.1 Å². The summed E-state index contributed by atoms with van der Waals surface area (Å²) in [5, 5.41) is 12.1. The van der Waals surface area contributed by atoms with Crippen molar-refractivity contribution in [2.45, 2.75) is 25.4 Å². The molecule has 2 aliphatic heterocycles. The summed E-state index contributed by atoms with van der Waals surface area (Å²) in [5.41, 5.74) is 0. The summed E-state index contributed by atoms with van der Waals surface area (Å²) in [6.45, 7) is 4.71. The molecule has 2 heterocycles. The Bertz CT molecular complexity index is 358. The zero-order chi connectivity index (χ0) is 15.1. The van der Waals surface area contributed by atoms with Crippen LogP contribution in [0, 0.1) is 0 Å².